The maximum absolute atomic E-state index is 14.8. The maximum Gasteiger partial charge on any atom is 0.245 e. The Bertz CT molecular complexity index is 1800. The molecular formula is C33H28N2O4S. The minimum atomic E-state index is -4.19. The summed E-state index contributed by atoms with van der Waals surface area (Å²) in [7, 11) is -4.19. The molecule has 3 aliphatic heterocycles. The van der Waals surface area contributed by atoms with Crippen molar-refractivity contribution in [3.05, 3.63) is 131 Å². The first-order chi connectivity index (χ1) is 19.1. The Labute approximate surface area is 233 Å². The van der Waals surface area contributed by atoms with Gasteiger partial charge in [-0.3, -0.25) is 9.59 Å². The smallest absolute Gasteiger partial charge is 0.245 e. The molecule has 2 saturated heterocycles. The second kappa shape index (κ2) is 8.22. The van der Waals surface area contributed by atoms with Crippen LogP contribution in [0.1, 0.15) is 34.7 Å². The third-order valence-electron chi connectivity index (χ3n) is 9.05. The van der Waals surface area contributed by atoms with Gasteiger partial charge in [-0.1, -0.05) is 90.0 Å². The van der Waals surface area contributed by atoms with Crippen LogP contribution < -0.4 is 4.90 Å². The molecular weight excluding hydrogens is 520 g/mol. The molecule has 3 aliphatic rings. The molecule has 4 aromatic rings. The van der Waals surface area contributed by atoms with Crippen molar-refractivity contribution in [3.63, 3.8) is 0 Å². The monoisotopic (exact) mass is 548 g/mol. The van der Waals surface area contributed by atoms with E-state index in [1.54, 1.807) is 48.5 Å². The van der Waals surface area contributed by atoms with Crippen molar-refractivity contribution >= 4 is 27.5 Å². The molecule has 2 fully saturated rings. The van der Waals surface area contributed by atoms with E-state index in [0.29, 0.717) is 11.3 Å². The lowest BCUT2D eigenvalue weighted by atomic mass is 9.63. The fourth-order valence-electron chi connectivity index (χ4n) is 7.43. The third kappa shape index (κ3) is 2.89. The summed E-state index contributed by atoms with van der Waals surface area (Å²) in [4.78, 5) is 30.3. The second-order valence-electron chi connectivity index (χ2n) is 11.2. The van der Waals surface area contributed by atoms with Gasteiger partial charge in [0.25, 0.3) is 0 Å². The highest BCUT2D eigenvalue weighted by atomic mass is 32.2. The SMILES string of the molecule is Cc1ccc(C23c4ccccc4C(C)(C4C(=O)N(c5ccccc5)C(=O)C42)N3S(=O)(=O)c2ccc(C)cc2)cc1. The highest BCUT2D eigenvalue weighted by Gasteiger charge is 2.81. The number of hydrogen-bond donors (Lipinski definition) is 0. The predicted octanol–water partition coefficient (Wildman–Crippen LogP) is 5.29. The number of sulfonamides is 1. The molecule has 0 saturated carbocycles. The zero-order chi connectivity index (χ0) is 28.0. The number of carbonyl (C=O) groups excluding carboxylic acids is 2. The van der Waals surface area contributed by atoms with E-state index in [1.807, 2.05) is 75.4 Å². The van der Waals surface area contributed by atoms with Gasteiger partial charge in [-0.05, 0) is 61.7 Å². The van der Waals surface area contributed by atoms with Crippen molar-refractivity contribution in [2.75, 3.05) is 4.90 Å². The Kier molecular flexibility index (Phi) is 5.13. The number of aryl methyl sites for hydroxylation is 2. The van der Waals surface area contributed by atoms with Crippen LogP contribution in [0.2, 0.25) is 0 Å². The molecule has 7 heteroatoms. The van der Waals surface area contributed by atoms with Gasteiger partial charge in [-0.15, -0.1) is 0 Å². The van der Waals surface area contributed by atoms with Crippen molar-refractivity contribution in [1.29, 1.82) is 0 Å². The zero-order valence-corrected chi connectivity index (χ0v) is 23.2. The summed E-state index contributed by atoms with van der Waals surface area (Å²) in [6, 6.07) is 30.9. The molecule has 4 atom stereocenters. The Morgan fingerprint density at radius 1 is 0.650 bits per heavy atom. The molecule has 0 spiro atoms. The molecule has 6 nitrogen and oxygen atoms in total. The average molecular weight is 549 g/mol. The second-order valence-corrected chi connectivity index (χ2v) is 13.0. The highest BCUT2D eigenvalue weighted by Crippen LogP contribution is 2.71. The van der Waals surface area contributed by atoms with Crippen LogP contribution in [0.4, 0.5) is 5.69 Å². The molecule has 2 amide bonds. The van der Waals surface area contributed by atoms with Crippen molar-refractivity contribution in [2.45, 2.75) is 36.7 Å². The fraction of sp³-hybridized carbons (Fsp3) is 0.212. The number of fused-ring (bicyclic) bond motifs is 8. The molecule has 2 bridgehead atoms. The number of nitrogens with zero attached hydrogens (tertiary/aromatic N) is 2. The first-order valence-corrected chi connectivity index (χ1v) is 14.8. The normalized spacial score (nSPS) is 27.2. The van der Waals surface area contributed by atoms with Gasteiger partial charge in [0.05, 0.1) is 33.5 Å². The number of para-hydroxylation sites is 1. The molecule has 7 rings (SSSR count). The van der Waals surface area contributed by atoms with Gasteiger partial charge in [0, 0.05) is 0 Å². The average Bonchev–Trinajstić information content (AvgIpc) is 3.47. The number of amides is 2. The number of imide groups is 1. The summed E-state index contributed by atoms with van der Waals surface area (Å²) < 4.78 is 31.1. The number of carbonyl (C=O) groups is 2. The van der Waals surface area contributed by atoms with Gasteiger partial charge < -0.3 is 0 Å². The summed E-state index contributed by atoms with van der Waals surface area (Å²) in [6.07, 6.45) is 0. The van der Waals surface area contributed by atoms with Crippen LogP contribution in [0.3, 0.4) is 0 Å². The lowest BCUT2D eigenvalue weighted by Crippen LogP contribution is -2.53. The molecule has 0 N–H and O–H groups in total. The van der Waals surface area contributed by atoms with Gasteiger partial charge in [-0.2, -0.15) is 4.31 Å². The summed E-state index contributed by atoms with van der Waals surface area (Å²) in [5.41, 5.74) is 1.90. The number of benzene rings is 4. The van der Waals surface area contributed by atoms with E-state index in [4.69, 9.17) is 0 Å². The molecule has 0 radical (unpaired) electrons. The van der Waals surface area contributed by atoms with Crippen LogP contribution in [0.5, 0.6) is 0 Å². The lowest BCUT2D eigenvalue weighted by molar-refractivity contribution is -0.124. The number of anilines is 1. The van der Waals surface area contributed by atoms with Crippen molar-refractivity contribution in [3.8, 4) is 0 Å². The Hall–Kier alpha value is -4.07. The van der Waals surface area contributed by atoms with Crippen molar-refractivity contribution in [1.82, 2.24) is 4.31 Å². The van der Waals surface area contributed by atoms with Gasteiger partial charge in [-0.25, -0.2) is 13.3 Å². The van der Waals surface area contributed by atoms with E-state index in [1.165, 1.54) is 9.21 Å². The van der Waals surface area contributed by atoms with Crippen LogP contribution in [0.25, 0.3) is 0 Å². The van der Waals surface area contributed by atoms with E-state index in [9.17, 15) is 18.0 Å². The van der Waals surface area contributed by atoms with Gasteiger partial charge in [0.1, 0.15) is 0 Å². The van der Waals surface area contributed by atoms with Gasteiger partial charge >= 0.3 is 0 Å². The van der Waals surface area contributed by atoms with E-state index < -0.39 is 32.9 Å². The molecule has 0 aliphatic carbocycles. The first-order valence-electron chi connectivity index (χ1n) is 13.4. The lowest BCUT2D eigenvalue weighted by Gasteiger charge is -2.40. The fourth-order valence-corrected chi connectivity index (χ4v) is 9.53. The topological polar surface area (TPSA) is 74.8 Å². The molecule has 0 aromatic heterocycles. The molecule has 40 heavy (non-hydrogen) atoms. The summed E-state index contributed by atoms with van der Waals surface area (Å²) in [6.45, 7) is 5.69. The van der Waals surface area contributed by atoms with E-state index in [0.717, 1.165) is 22.3 Å². The minimum Gasteiger partial charge on any atom is -0.274 e. The van der Waals surface area contributed by atoms with Crippen molar-refractivity contribution in [2.24, 2.45) is 11.8 Å². The molecule has 4 unspecified atom stereocenters. The minimum absolute atomic E-state index is 0.133. The molecule has 4 aromatic carbocycles. The highest BCUT2D eigenvalue weighted by molar-refractivity contribution is 7.89. The van der Waals surface area contributed by atoms with E-state index in [-0.39, 0.29) is 16.7 Å². The predicted molar refractivity (Wildman–Crippen MR) is 152 cm³/mol. The first kappa shape index (κ1) is 24.9. The standard InChI is InChI=1S/C33H28N2O4S/c1-21-13-17-23(18-14-21)33-27-12-8-7-11-26(27)32(3,35(33)40(38,39)25-19-15-22(2)16-20-25)28-29(33)31(37)34(30(28)36)24-9-5-4-6-10-24/h4-20,28-29H,1-3H3. The van der Waals surface area contributed by atoms with Gasteiger partial charge in [0.15, 0.2) is 0 Å². The summed E-state index contributed by atoms with van der Waals surface area (Å²) >= 11 is 0. The van der Waals surface area contributed by atoms with Crippen LogP contribution in [0.15, 0.2) is 108 Å². The number of rotatable bonds is 4. The quantitative estimate of drug-likeness (QED) is 0.325. The third-order valence-corrected chi connectivity index (χ3v) is 11.1. The van der Waals surface area contributed by atoms with Gasteiger partial charge in [0.2, 0.25) is 21.8 Å². The zero-order valence-electron chi connectivity index (χ0n) is 22.4. The molecule has 3 heterocycles. The maximum atomic E-state index is 14.8. The summed E-state index contributed by atoms with van der Waals surface area (Å²) in [5, 5.41) is 0. The number of hydrogen-bond acceptors (Lipinski definition) is 4. The Morgan fingerprint density at radius 2 is 1.18 bits per heavy atom. The van der Waals surface area contributed by atoms with Crippen LogP contribution in [-0.4, -0.2) is 24.5 Å². The van der Waals surface area contributed by atoms with Crippen LogP contribution in [0, 0.1) is 25.7 Å². The summed E-state index contributed by atoms with van der Waals surface area (Å²) in [5.74, 6) is -2.61. The molecule has 200 valence electrons. The van der Waals surface area contributed by atoms with E-state index >= 15 is 0 Å². The largest absolute Gasteiger partial charge is 0.274 e. The van der Waals surface area contributed by atoms with Crippen molar-refractivity contribution < 1.29 is 18.0 Å². The van der Waals surface area contributed by atoms with E-state index in [2.05, 4.69) is 0 Å². The van der Waals surface area contributed by atoms with Crippen LogP contribution in [-0.2, 0) is 30.7 Å². The Balaban J connectivity index is 1.58. The Morgan fingerprint density at radius 3 is 1.80 bits per heavy atom. The van der Waals surface area contributed by atoms with Crippen LogP contribution >= 0.6 is 0 Å².